The van der Waals surface area contributed by atoms with Crippen molar-refractivity contribution in [1.29, 1.82) is 0 Å². The van der Waals surface area contributed by atoms with E-state index < -0.39 is 0 Å². The van der Waals surface area contributed by atoms with Crippen LogP contribution < -0.4 is 5.32 Å². The third-order valence-corrected chi connectivity index (χ3v) is 5.68. The summed E-state index contributed by atoms with van der Waals surface area (Å²) in [5, 5.41) is 2.71. The molecule has 2 fully saturated rings. The first-order valence-corrected chi connectivity index (χ1v) is 8.08. The predicted molar refractivity (Wildman–Crippen MR) is 87.5 cm³/mol. The van der Waals surface area contributed by atoms with E-state index in [-0.39, 0.29) is 35.7 Å². The first kappa shape index (κ1) is 19.5. The van der Waals surface area contributed by atoms with Gasteiger partial charge in [0.25, 0.3) is 6.47 Å². The topological polar surface area (TPSA) is 75.7 Å². The third-order valence-electron chi connectivity index (χ3n) is 5.68. The molecule has 0 aromatic carbocycles. The lowest BCUT2D eigenvalue weighted by molar-refractivity contribution is -0.135. The van der Waals surface area contributed by atoms with Crippen LogP contribution in [0.4, 0.5) is 0 Å². The molecular formula is C17H30N2O4. The molecule has 2 rings (SSSR count). The number of hydrogen-bond acceptors (Lipinski definition) is 4. The molecule has 6 nitrogen and oxygen atoms in total. The van der Waals surface area contributed by atoms with Crippen molar-refractivity contribution in [3.63, 3.8) is 0 Å². The van der Waals surface area contributed by atoms with Gasteiger partial charge >= 0.3 is 0 Å². The van der Waals surface area contributed by atoms with Gasteiger partial charge in [-0.3, -0.25) is 14.4 Å². The van der Waals surface area contributed by atoms with Crippen LogP contribution in [0.25, 0.3) is 0 Å². The molecule has 1 heterocycles. The smallest absolute Gasteiger partial charge is 0.292 e. The predicted octanol–water partition coefficient (Wildman–Crippen LogP) is 1.44. The Morgan fingerprint density at radius 1 is 1.35 bits per heavy atom. The van der Waals surface area contributed by atoms with E-state index in [1.165, 1.54) is 7.11 Å². The summed E-state index contributed by atoms with van der Waals surface area (Å²) in [5.41, 5.74) is 0.592. The third kappa shape index (κ3) is 3.51. The van der Waals surface area contributed by atoms with Crippen LogP contribution in [0.5, 0.6) is 0 Å². The van der Waals surface area contributed by atoms with Crippen LogP contribution in [0.2, 0.25) is 0 Å². The average Bonchev–Trinajstić information content (AvgIpc) is 2.75. The minimum Gasteiger partial charge on any atom is -0.471 e. The van der Waals surface area contributed by atoms with Crippen molar-refractivity contribution in [2.75, 3.05) is 20.2 Å². The number of likely N-dealkylation sites (tertiary alicyclic amines) is 1. The van der Waals surface area contributed by atoms with Gasteiger partial charge in [-0.05, 0) is 23.7 Å². The minimum absolute atomic E-state index is 0.0470. The average molecular weight is 326 g/mol. The van der Waals surface area contributed by atoms with Gasteiger partial charge in [0.2, 0.25) is 11.8 Å². The quantitative estimate of drug-likeness (QED) is 0.793. The summed E-state index contributed by atoms with van der Waals surface area (Å²) in [5.74, 6) is 0.501. The zero-order chi connectivity index (χ0) is 18.0. The normalized spacial score (nSPS) is 30.0. The summed E-state index contributed by atoms with van der Waals surface area (Å²) in [4.78, 5) is 34.6. The van der Waals surface area contributed by atoms with E-state index in [2.05, 4.69) is 37.7 Å². The molecule has 0 spiro atoms. The number of nitrogens with zero attached hydrogens (tertiary/aromatic N) is 1. The van der Waals surface area contributed by atoms with E-state index in [1.807, 2.05) is 18.7 Å². The molecule has 0 aromatic heterocycles. The highest BCUT2D eigenvalue weighted by Crippen LogP contribution is 2.74. The van der Waals surface area contributed by atoms with Crippen molar-refractivity contribution in [3.8, 4) is 0 Å². The van der Waals surface area contributed by atoms with E-state index in [4.69, 9.17) is 4.79 Å². The van der Waals surface area contributed by atoms with Crippen molar-refractivity contribution in [2.45, 2.75) is 47.6 Å². The molecule has 1 saturated carbocycles. The van der Waals surface area contributed by atoms with Gasteiger partial charge < -0.3 is 15.0 Å². The van der Waals surface area contributed by atoms with Crippen molar-refractivity contribution in [1.82, 2.24) is 10.2 Å². The number of amides is 2. The largest absolute Gasteiger partial charge is 0.471 e. The molecule has 2 amide bonds. The highest BCUT2D eigenvalue weighted by Gasteiger charge is 2.74. The molecule has 1 N–H and O–H groups in total. The summed E-state index contributed by atoms with van der Waals surface area (Å²) in [6, 6.07) is 0.281. The van der Waals surface area contributed by atoms with Gasteiger partial charge in [-0.25, -0.2) is 0 Å². The molecule has 1 unspecified atom stereocenters. The van der Waals surface area contributed by atoms with Crippen LogP contribution in [0.3, 0.4) is 0 Å². The van der Waals surface area contributed by atoms with E-state index in [1.54, 1.807) is 0 Å². The lowest BCUT2D eigenvalue weighted by Crippen LogP contribution is -2.45. The Labute approximate surface area is 138 Å². The standard InChI is InChI=1S/C15H26N2O2.C2H4O2/c1-9(2)13(19)16-7-11(18)17-8-15(6)12(10(17)3)14(15,4)5;1-4-2-3/h9-10,12H,7-8H2,1-6H3,(H,16,19);2H,1H3/t10-,12?,15+;/m1./s1. The maximum Gasteiger partial charge on any atom is 0.292 e. The fourth-order valence-corrected chi connectivity index (χ4v) is 4.02. The Balaban J connectivity index is 0.000000593. The van der Waals surface area contributed by atoms with Crippen LogP contribution >= 0.6 is 0 Å². The van der Waals surface area contributed by atoms with Gasteiger partial charge in [-0.15, -0.1) is 0 Å². The zero-order valence-electron chi connectivity index (χ0n) is 15.3. The number of hydrogen-bond donors (Lipinski definition) is 1. The summed E-state index contributed by atoms with van der Waals surface area (Å²) in [7, 11) is 1.31. The maximum absolute atomic E-state index is 12.2. The van der Waals surface area contributed by atoms with Crippen molar-refractivity contribution in [2.24, 2.45) is 22.7 Å². The van der Waals surface area contributed by atoms with E-state index in [0.29, 0.717) is 17.8 Å². The molecule has 0 aromatic rings. The highest BCUT2D eigenvalue weighted by molar-refractivity contribution is 5.86. The van der Waals surface area contributed by atoms with Crippen LogP contribution in [-0.4, -0.2) is 49.4 Å². The second-order valence-electron chi connectivity index (χ2n) is 7.58. The first-order valence-electron chi connectivity index (χ1n) is 8.08. The Morgan fingerprint density at radius 3 is 2.22 bits per heavy atom. The fourth-order valence-electron chi connectivity index (χ4n) is 4.02. The number of ether oxygens (including phenoxy) is 1. The molecular weight excluding hydrogens is 296 g/mol. The van der Waals surface area contributed by atoms with Crippen molar-refractivity contribution < 1.29 is 19.1 Å². The molecule has 3 atom stereocenters. The van der Waals surface area contributed by atoms with Gasteiger partial charge in [0.1, 0.15) is 0 Å². The monoisotopic (exact) mass is 326 g/mol. The molecule has 1 aliphatic carbocycles. The summed E-state index contributed by atoms with van der Waals surface area (Å²) in [6.07, 6.45) is 0. The van der Waals surface area contributed by atoms with Gasteiger partial charge in [0.15, 0.2) is 0 Å². The lowest BCUT2D eigenvalue weighted by atomic mass is 9.97. The Bertz CT molecular complexity index is 475. The highest BCUT2D eigenvalue weighted by atomic mass is 16.5. The molecule has 6 heteroatoms. The number of carbonyl (C=O) groups is 3. The molecule has 0 radical (unpaired) electrons. The Kier molecular flexibility index (Phi) is 5.83. The van der Waals surface area contributed by atoms with Gasteiger partial charge in [0.05, 0.1) is 13.7 Å². The molecule has 2 aliphatic rings. The second kappa shape index (κ2) is 6.89. The molecule has 0 bridgehead atoms. The second-order valence-corrected chi connectivity index (χ2v) is 7.58. The lowest BCUT2D eigenvalue weighted by Gasteiger charge is -2.30. The van der Waals surface area contributed by atoms with Crippen LogP contribution in [0.1, 0.15) is 41.5 Å². The van der Waals surface area contributed by atoms with Gasteiger partial charge in [0, 0.05) is 18.5 Å². The molecule has 1 aliphatic heterocycles. The number of fused-ring (bicyclic) bond motifs is 1. The fraction of sp³-hybridized carbons (Fsp3) is 0.824. The van der Waals surface area contributed by atoms with Crippen LogP contribution in [0, 0.1) is 22.7 Å². The number of methoxy groups -OCH3 is 1. The van der Waals surface area contributed by atoms with Gasteiger partial charge in [-0.1, -0.05) is 34.6 Å². The van der Waals surface area contributed by atoms with E-state index in [0.717, 1.165) is 6.54 Å². The molecule has 23 heavy (non-hydrogen) atoms. The maximum atomic E-state index is 12.2. The minimum atomic E-state index is -0.0753. The molecule has 1 saturated heterocycles. The summed E-state index contributed by atoms with van der Waals surface area (Å²) < 4.78 is 3.86. The first-order chi connectivity index (χ1) is 10.5. The van der Waals surface area contributed by atoms with E-state index >= 15 is 0 Å². The SMILES string of the molecule is CC(C)C(=O)NCC(=O)N1C[C@@]2(C)C([C@H]1C)C2(C)C.COC=O. The number of rotatable bonds is 4. The van der Waals surface area contributed by atoms with E-state index in [9.17, 15) is 9.59 Å². The van der Waals surface area contributed by atoms with Crippen LogP contribution in [0.15, 0.2) is 0 Å². The molecule has 132 valence electrons. The number of piperidine rings is 1. The number of carbonyl (C=O) groups excluding carboxylic acids is 3. The Hall–Kier alpha value is -1.59. The zero-order valence-corrected chi connectivity index (χ0v) is 15.3. The summed E-state index contributed by atoms with van der Waals surface area (Å²) in [6.45, 7) is 14.0. The van der Waals surface area contributed by atoms with Crippen molar-refractivity contribution >= 4 is 18.3 Å². The van der Waals surface area contributed by atoms with Crippen molar-refractivity contribution in [3.05, 3.63) is 0 Å². The van der Waals surface area contributed by atoms with Crippen LogP contribution in [-0.2, 0) is 19.1 Å². The Morgan fingerprint density at radius 2 is 1.87 bits per heavy atom. The van der Waals surface area contributed by atoms with Gasteiger partial charge in [-0.2, -0.15) is 0 Å². The summed E-state index contributed by atoms with van der Waals surface area (Å²) >= 11 is 0. The number of nitrogens with one attached hydrogen (secondary N) is 1.